The molecule has 0 aliphatic carbocycles. The smallest absolute Gasteiger partial charge is 0.335 e. The van der Waals surface area contributed by atoms with Gasteiger partial charge in [-0.15, -0.1) is 0 Å². The van der Waals surface area contributed by atoms with Gasteiger partial charge >= 0.3 is 6.03 Å². The van der Waals surface area contributed by atoms with Gasteiger partial charge in [0.05, 0.1) is 24.5 Å². The molecule has 0 saturated carbocycles. The maximum Gasteiger partial charge on any atom is 0.335 e. The molecular formula is C24H14Br2N4O8. The molecule has 1 saturated heterocycles. The number of rotatable bonds is 7. The van der Waals surface area contributed by atoms with Gasteiger partial charge in [-0.1, -0.05) is 0 Å². The highest BCUT2D eigenvalue weighted by atomic mass is 79.9. The van der Waals surface area contributed by atoms with Gasteiger partial charge in [-0.05, 0) is 85.5 Å². The molecule has 4 amide bonds. The van der Waals surface area contributed by atoms with E-state index in [-0.39, 0.29) is 29.2 Å². The maximum atomic E-state index is 13.1. The normalized spacial score (nSPS) is 14.4. The van der Waals surface area contributed by atoms with E-state index < -0.39 is 27.7 Å². The molecule has 1 fully saturated rings. The molecule has 12 nitrogen and oxygen atoms in total. The summed E-state index contributed by atoms with van der Waals surface area (Å²) >= 11 is 6.79. The highest BCUT2D eigenvalue weighted by Crippen LogP contribution is 2.36. The predicted octanol–water partition coefficient (Wildman–Crippen LogP) is 5.27. The molecule has 0 spiro atoms. The lowest BCUT2D eigenvalue weighted by Gasteiger charge is -2.26. The summed E-state index contributed by atoms with van der Waals surface area (Å²) < 4.78 is 6.78. The number of ether oxygens (including phenoxy) is 1. The van der Waals surface area contributed by atoms with Crippen molar-refractivity contribution in [2.75, 3.05) is 4.90 Å². The number of carbonyl (C=O) groups is 3. The standard InChI is InChI=1S/C24H14Br2N4O8/c25-19-10-14(11-20(26)21(19)38-12-13-1-3-16(4-2-13)29(34)35)9-18-22(31)27-24(33)28(23(18)32)15-5-7-17(8-6-15)30(36)37/h1-11H,12H2,(H,27,31,33)/b18-9+. The predicted molar refractivity (Wildman–Crippen MR) is 141 cm³/mol. The number of urea groups is 1. The number of nitro groups is 2. The van der Waals surface area contributed by atoms with Gasteiger partial charge in [-0.25, -0.2) is 9.69 Å². The third-order valence-electron chi connectivity index (χ3n) is 5.28. The fourth-order valence-corrected chi connectivity index (χ4v) is 4.90. The largest absolute Gasteiger partial charge is 0.487 e. The molecule has 0 aromatic heterocycles. The Morgan fingerprint density at radius 1 is 0.868 bits per heavy atom. The molecule has 192 valence electrons. The summed E-state index contributed by atoms with van der Waals surface area (Å²) in [6.45, 7) is 0.114. The number of hydrogen-bond acceptors (Lipinski definition) is 8. The third kappa shape index (κ3) is 5.60. The number of hydrogen-bond donors (Lipinski definition) is 1. The Bertz CT molecular complexity index is 1500. The van der Waals surface area contributed by atoms with Crippen molar-refractivity contribution >= 4 is 72.8 Å². The Morgan fingerprint density at radius 2 is 1.39 bits per heavy atom. The van der Waals surface area contributed by atoms with Crippen LogP contribution in [0.1, 0.15) is 11.1 Å². The minimum absolute atomic E-state index is 0.0383. The lowest BCUT2D eigenvalue weighted by Crippen LogP contribution is -2.54. The number of non-ortho nitro benzene ring substituents is 2. The number of imide groups is 2. The average molecular weight is 646 g/mol. The van der Waals surface area contributed by atoms with Crippen LogP contribution >= 0.6 is 31.9 Å². The van der Waals surface area contributed by atoms with Crippen LogP contribution in [0.25, 0.3) is 6.08 Å². The van der Waals surface area contributed by atoms with Crippen molar-refractivity contribution in [1.29, 1.82) is 0 Å². The van der Waals surface area contributed by atoms with E-state index in [1.165, 1.54) is 30.3 Å². The molecule has 0 unspecified atom stereocenters. The van der Waals surface area contributed by atoms with Crippen LogP contribution in [0.2, 0.25) is 0 Å². The number of nitro benzene ring substituents is 2. The second-order valence-electron chi connectivity index (χ2n) is 7.76. The molecular weight excluding hydrogens is 632 g/mol. The van der Waals surface area contributed by atoms with Crippen molar-refractivity contribution in [2.45, 2.75) is 6.61 Å². The zero-order chi connectivity index (χ0) is 27.6. The van der Waals surface area contributed by atoms with Crippen molar-refractivity contribution in [1.82, 2.24) is 5.32 Å². The van der Waals surface area contributed by atoms with Gasteiger partial charge in [0.25, 0.3) is 23.2 Å². The summed E-state index contributed by atoms with van der Waals surface area (Å²) in [6, 6.07) is 12.8. The van der Waals surface area contributed by atoms with Gasteiger partial charge in [0.1, 0.15) is 17.9 Å². The van der Waals surface area contributed by atoms with Gasteiger partial charge in [-0.2, -0.15) is 0 Å². The molecule has 1 aliphatic heterocycles. The first-order chi connectivity index (χ1) is 18.0. The Morgan fingerprint density at radius 3 is 1.92 bits per heavy atom. The molecule has 1 N–H and O–H groups in total. The quantitative estimate of drug-likeness (QED) is 0.157. The molecule has 0 bridgehead atoms. The van der Waals surface area contributed by atoms with Crippen LogP contribution in [0.3, 0.4) is 0 Å². The molecule has 38 heavy (non-hydrogen) atoms. The fourth-order valence-electron chi connectivity index (χ4n) is 3.45. The molecule has 3 aromatic carbocycles. The van der Waals surface area contributed by atoms with E-state index in [1.807, 2.05) is 0 Å². The summed E-state index contributed by atoms with van der Waals surface area (Å²) in [5.74, 6) is -1.39. The summed E-state index contributed by atoms with van der Waals surface area (Å²) in [5, 5.41) is 23.8. The summed E-state index contributed by atoms with van der Waals surface area (Å²) in [6.07, 6.45) is 1.29. The molecule has 4 rings (SSSR count). The molecule has 3 aromatic rings. The van der Waals surface area contributed by atoms with Crippen LogP contribution < -0.4 is 15.0 Å². The van der Waals surface area contributed by atoms with Crippen molar-refractivity contribution < 1.29 is 29.0 Å². The zero-order valence-electron chi connectivity index (χ0n) is 18.9. The Kier molecular flexibility index (Phi) is 7.64. The van der Waals surface area contributed by atoms with E-state index in [0.29, 0.717) is 30.7 Å². The monoisotopic (exact) mass is 644 g/mol. The number of nitrogens with one attached hydrogen (secondary N) is 1. The average Bonchev–Trinajstić information content (AvgIpc) is 2.86. The first kappa shape index (κ1) is 26.6. The maximum absolute atomic E-state index is 13.1. The van der Waals surface area contributed by atoms with Crippen molar-refractivity contribution in [2.24, 2.45) is 0 Å². The molecule has 14 heteroatoms. The number of anilines is 1. The SMILES string of the molecule is O=C1NC(=O)N(c2ccc([N+](=O)[O-])cc2)C(=O)/C1=C/c1cc(Br)c(OCc2ccc([N+](=O)[O-])cc2)c(Br)c1. The summed E-state index contributed by atoms with van der Waals surface area (Å²) in [4.78, 5) is 59.2. The number of carbonyl (C=O) groups excluding carboxylic acids is 3. The van der Waals surface area contributed by atoms with E-state index in [1.54, 1.807) is 24.3 Å². The van der Waals surface area contributed by atoms with Gasteiger partial charge in [-0.3, -0.25) is 35.1 Å². The van der Waals surface area contributed by atoms with E-state index in [2.05, 4.69) is 37.2 Å². The van der Waals surface area contributed by atoms with Crippen molar-refractivity contribution in [3.63, 3.8) is 0 Å². The van der Waals surface area contributed by atoms with Crippen molar-refractivity contribution in [3.8, 4) is 5.75 Å². The minimum atomic E-state index is -0.983. The minimum Gasteiger partial charge on any atom is -0.487 e. The lowest BCUT2D eigenvalue weighted by molar-refractivity contribution is -0.385. The molecule has 1 heterocycles. The second-order valence-corrected chi connectivity index (χ2v) is 9.47. The number of benzene rings is 3. The van der Waals surface area contributed by atoms with Gasteiger partial charge in [0.2, 0.25) is 0 Å². The molecule has 0 atom stereocenters. The second kappa shape index (κ2) is 10.9. The van der Waals surface area contributed by atoms with E-state index >= 15 is 0 Å². The highest BCUT2D eigenvalue weighted by Gasteiger charge is 2.37. The first-order valence-electron chi connectivity index (χ1n) is 10.6. The van der Waals surface area contributed by atoms with Crippen LogP contribution in [-0.2, 0) is 16.2 Å². The van der Waals surface area contributed by atoms with Crippen LogP contribution in [0, 0.1) is 20.2 Å². The van der Waals surface area contributed by atoms with Crippen LogP contribution in [0.5, 0.6) is 5.75 Å². The van der Waals surface area contributed by atoms with Gasteiger partial charge in [0.15, 0.2) is 0 Å². The first-order valence-corrected chi connectivity index (χ1v) is 12.1. The third-order valence-corrected chi connectivity index (χ3v) is 6.46. The summed E-state index contributed by atoms with van der Waals surface area (Å²) in [5.41, 5.74) is 0.568. The number of amides is 4. The molecule has 1 aliphatic rings. The van der Waals surface area contributed by atoms with Crippen LogP contribution in [-0.4, -0.2) is 27.7 Å². The van der Waals surface area contributed by atoms with Crippen LogP contribution in [0.15, 0.2) is 75.2 Å². The van der Waals surface area contributed by atoms with E-state index in [4.69, 9.17) is 4.74 Å². The Hall–Kier alpha value is -4.43. The van der Waals surface area contributed by atoms with E-state index in [0.717, 1.165) is 12.1 Å². The summed E-state index contributed by atoms with van der Waals surface area (Å²) in [7, 11) is 0. The van der Waals surface area contributed by atoms with Crippen LogP contribution in [0.4, 0.5) is 21.9 Å². The van der Waals surface area contributed by atoms with Gasteiger partial charge in [0, 0.05) is 24.3 Å². The molecule has 0 radical (unpaired) electrons. The topological polar surface area (TPSA) is 162 Å². The Balaban J connectivity index is 1.57. The number of barbiturate groups is 1. The number of halogens is 2. The van der Waals surface area contributed by atoms with Crippen molar-refractivity contribution in [3.05, 3.63) is 107 Å². The van der Waals surface area contributed by atoms with Gasteiger partial charge < -0.3 is 4.74 Å². The zero-order valence-corrected chi connectivity index (χ0v) is 22.1. The number of nitrogens with zero attached hydrogens (tertiary/aromatic N) is 3. The van der Waals surface area contributed by atoms with E-state index in [9.17, 15) is 34.6 Å². The fraction of sp³-hybridized carbons (Fsp3) is 0.0417. The Labute approximate surface area is 230 Å². The highest BCUT2D eigenvalue weighted by molar-refractivity contribution is 9.11. The lowest BCUT2D eigenvalue weighted by atomic mass is 10.1.